The Morgan fingerprint density at radius 3 is 3.00 bits per heavy atom. The van der Waals surface area contributed by atoms with Gasteiger partial charge < -0.3 is 20.5 Å². The van der Waals surface area contributed by atoms with Crippen LogP contribution in [0.5, 0.6) is 0 Å². The zero-order chi connectivity index (χ0) is 14.4. The predicted octanol–water partition coefficient (Wildman–Crippen LogP) is 1.26. The van der Waals surface area contributed by atoms with Crippen LogP contribution in [0.4, 0.5) is 11.8 Å². The van der Waals surface area contributed by atoms with Crippen molar-refractivity contribution in [2.24, 2.45) is 0 Å². The van der Waals surface area contributed by atoms with E-state index in [2.05, 4.69) is 20.3 Å². The van der Waals surface area contributed by atoms with Gasteiger partial charge in [0.1, 0.15) is 0 Å². The van der Waals surface area contributed by atoms with E-state index in [4.69, 9.17) is 15.2 Å². The lowest BCUT2D eigenvalue weighted by Crippen LogP contribution is -2.13. The highest BCUT2D eigenvalue weighted by atomic mass is 16.7. The van der Waals surface area contributed by atoms with Crippen LogP contribution in [0.25, 0.3) is 11.2 Å². The summed E-state index contributed by atoms with van der Waals surface area (Å²) in [7, 11) is 0. The maximum atomic E-state index is 5.83. The van der Waals surface area contributed by atoms with Crippen LogP contribution in [0, 0.1) is 0 Å². The van der Waals surface area contributed by atoms with E-state index in [-0.39, 0.29) is 18.5 Å². The van der Waals surface area contributed by atoms with Crippen LogP contribution in [-0.4, -0.2) is 38.5 Å². The highest BCUT2D eigenvalue weighted by Crippen LogP contribution is 2.30. The monoisotopic (exact) mass is 290 g/mol. The second-order valence-electron chi connectivity index (χ2n) is 5.43. The van der Waals surface area contributed by atoms with Crippen LogP contribution in [0.15, 0.2) is 6.33 Å². The van der Waals surface area contributed by atoms with Crippen molar-refractivity contribution in [3.05, 3.63) is 6.33 Å². The molecule has 1 saturated heterocycles. The molecule has 3 heterocycles. The summed E-state index contributed by atoms with van der Waals surface area (Å²) in [6.07, 6.45) is 4.45. The Kier molecular flexibility index (Phi) is 2.93. The van der Waals surface area contributed by atoms with Crippen molar-refractivity contribution in [1.29, 1.82) is 0 Å². The Balaban J connectivity index is 1.71. The first-order valence-corrected chi connectivity index (χ1v) is 7.28. The summed E-state index contributed by atoms with van der Waals surface area (Å²) < 4.78 is 13.2. The van der Waals surface area contributed by atoms with Gasteiger partial charge in [0, 0.05) is 6.04 Å². The second kappa shape index (κ2) is 4.81. The summed E-state index contributed by atoms with van der Waals surface area (Å²) >= 11 is 0. The van der Waals surface area contributed by atoms with E-state index in [9.17, 15) is 0 Å². The minimum absolute atomic E-state index is 0.171. The Morgan fingerprint density at radius 1 is 1.43 bits per heavy atom. The first kappa shape index (κ1) is 12.8. The summed E-state index contributed by atoms with van der Waals surface area (Å²) in [4.78, 5) is 13.0. The van der Waals surface area contributed by atoms with E-state index < -0.39 is 0 Å². The molecule has 1 saturated carbocycles. The summed E-state index contributed by atoms with van der Waals surface area (Å²) in [6.45, 7) is 2.51. The van der Waals surface area contributed by atoms with Gasteiger partial charge in [-0.05, 0) is 19.3 Å². The van der Waals surface area contributed by atoms with Crippen LogP contribution in [-0.2, 0) is 9.47 Å². The molecule has 0 amide bonds. The zero-order valence-corrected chi connectivity index (χ0v) is 11.8. The molecule has 8 heteroatoms. The number of anilines is 2. The molecule has 0 bridgehead atoms. The summed E-state index contributed by atoms with van der Waals surface area (Å²) in [5, 5.41) is 3.34. The molecule has 0 spiro atoms. The summed E-state index contributed by atoms with van der Waals surface area (Å²) in [6, 6.07) is 0.475. The third kappa shape index (κ3) is 2.30. The molecule has 0 radical (unpaired) electrons. The molecule has 0 aromatic carbocycles. The highest BCUT2D eigenvalue weighted by molar-refractivity contribution is 5.84. The smallest absolute Gasteiger partial charge is 0.224 e. The van der Waals surface area contributed by atoms with E-state index in [0.717, 1.165) is 24.8 Å². The molecule has 2 aromatic heterocycles. The first-order valence-electron chi connectivity index (χ1n) is 7.28. The number of nitrogens with zero attached hydrogens (tertiary/aromatic N) is 4. The largest absolute Gasteiger partial charge is 0.368 e. The Labute approximate surface area is 121 Å². The number of ether oxygens (including phenoxy) is 2. The van der Waals surface area contributed by atoms with Gasteiger partial charge in [0.05, 0.1) is 12.9 Å². The lowest BCUT2D eigenvalue weighted by atomic mass is 10.4. The van der Waals surface area contributed by atoms with Crippen molar-refractivity contribution >= 4 is 22.9 Å². The van der Waals surface area contributed by atoms with Crippen LogP contribution in [0.3, 0.4) is 0 Å². The predicted molar refractivity (Wildman–Crippen MR) is 76.5 cm³/mol. The average molecular weight is 290 g/mol. The summed E-state index contributed by atoms with van der Waals surface area (Å²) in [5.41, 5.74) is 7.22. The molecule has 3 N–H and O–H groups in total. The number of rotatable bonds is 4. The minimum Gasteiger partial charge on any atom is -0.368 e. The molecule has 1 unspecified atom stereocenters. The van der Waals surface area contributed by atoms with Crippen LogP contribution in [0.1, 0.15) is 32.4 Å². The van der Waals surface area contributed by atoms with Crippen molar-refractivity contribution in [2.45, 2.75) is 44.7 Å². The molecule has 112 valence electrons. The molecule has 21 heavy (non-hydrogen) atoms. The fourth-order valence-corrected chi connectivity index (χ4v) is 2.47. The fraction of sp³-hybridized carbons (Fsp3) is 0.615. The third-order valence-corrected chi connectivity index (χ3v) is 3.73. The van der Waals surface area contributed by atoms with Gasteiger partial charge in [0.25, 0.3) is 0 Å². The first-order chi connectivity index (χ1) is 10.2. The van der Waals surface area contributed by atoms with Gasteiger partial charge in [-0.1, -0.05) is 6.92 Å². The Hall–Kier alpha value is -1.93. The van der Waals surface area contributed by atoms with Crippen LogP contribution < -0.4 is 11.1 Å². The number of fused-ring (bicyclic) bond motifs is 1. The lowest BCUT2D eigenvalue weighted by molar-refractivity contribution is -0.0715. The van der Waals surface area contributed by atoms with E-state index in [1.165, 1.54) is 0 Å². The number of imidazole rings is 1. The Morgan fingerprint density at radius 2 is 2.29 bits per heavy atom. The molecule has 4 rings (SSSR count). The van der Waals surface area contributed by atoms with Crippen molar-refractivity contribution in [3.63, 3.8) is 0 Å². The maximum Gasteiger partial charge on any atom is 0.224 e. The molecule has 1 aliphatic heterocycles. The zero-order valence-electron chi connectivity index (χ0n) is 11.8. The van der Waals surface area contributed by atoms with Gasteiger partial charge in [-0.25, -0.2) is 4.98 Å². The van der Waals surface area contributed by atoms with E-state index in [1.807, 2.05) is 11.5 Å². The minimum atomic E-state index is -0.219. The Bertz CT molecular complexity index is 668. The number of hydrogen-bond acceptors (Lipinski definition) is 7. The van der Waals surface area contributed by atoms with Gasteiger partial charge in [-0.15, -0.1) is 0 Å². The molecule has 8 nitrogen and oxygen atoms in total. The van der Waals surface area contributed by atoms with Gasteiger partial charge in [0.2, 0.25) is 5.95 Å². The number of aromatic nitrogens is 4. The molecular formula is C13H18N6O2. The van der Waals surface area contributed by atoms with Crippen molar-refractivity contribution in [1.82, 2.24) is 19.5 Å². The number of nitrogens with one attached hydrogen (secondary N) is 1. The third-order valence-electron chi connectivity index (χ3n) is 3.73. The van der Waals surface area contributed by atoms with E-state index in [1.54, 1.807) is 6.33 Å². The van der Waals surface area contributed by atoms with Crippen molar-refractivity contribution in [2.75, 3.05) is 17.7 Å². The highest BCUT2D eigenvalue weighted by Gasteiger charge is 2.29. The molecule has 1 aliphatic carbocycles. The fourth-order valence-electron chi connectivity index (χ4n) is 2.47. The van der Waals surface area contributed by atoms with Crippen LogP contribution in [0.2, 0.25) is 0 Å². The molecular weight excluding hydrogens is 272 g/mol. The standard InChI is InChI=1S/C13H18N6O2/c1-2-9-20-5-8(21-9)19-6-15-10-11(16-7-3-4-7)17-13(14)18-12(10)19/h6-9H,2-5H2,1H3,(H3,14,16,17,18)/t8?,9-/m1/s1. The maximum absolute atomic E-state index is 5.83. The second-order valence-corrected chi connectivity index (χ2v) is 5.43. The number of hydrogen-bond donors (Lipinski definition) is 2. The normalized spacial score (nSPS) is 25.6. The quantitative estimate of drug-likeness (QED) is 0.874. The topological polar surface area (TPSA) is 100 Å². The SMILES string of the molecule is CC[C@@H]1OCC(n2cnc3c(NC4CC4)nc(N)nc32)O1. The average Bonchev–Trinajstić information content (AvgIpc) is 3.01. The summed E-state index contributed by atoms with van der Waals surface area (Å²) in [5.74, 6) is 0.933. The number of nitrogen functional groups attached to an aromatic ring is 1. The molecule has 2 aliphatic rings. The van der Waals surface area contributed by atoms with Gasteiger partial charge in [0.15, 0.2) is 29.5 Å². The van der Waals surface area contributed by atoms with Crippen molar-refractivity contribution < 1.29 is 9.47 Å². The van der Waals surface area contributed by atoms with E-state index in [0.29, 0.717) is 24.1 Å². The molecule has 2 atom stereocenters. The van der Waals surface area contributed by atoms with E-state index >= 15 is 0 Å². The van der Waals surface area contributed by atoms with Gasteiger partial charge in [-0.3, -0.25) is 4.57 Å². The lowest BCUT2D eigenvalue weighted by Gasteiger charge is -2.12. The molecule has 2 aromatic rings. The van der Waals surface area contributed by atoms with Crippen molar-refractivity contribution in [3.8, 4) is 0 Å². The molecule has 2 fully saturated rings. The van der Waals surface area contributed by atoms with Gasteiger partial charge in [-0.2, -0.15) is 9.97 Å². The number of nitrogens with two attached hydrogens (primary N) is 1. The van der Waals surface area contributed by atoms with Gasteiger partial charge >= 0.3 is 0 Å². The van der Waals surface area contributed by atoms with Crippen LogP contribution >= 0.6 is 0 Å².